The molecule has 0 spiro atoms. The fourth-order valence-electron chi connectivity index (χ4n) is 3.42. The van der Waals surface area contributed by atoms with Gasteiger partial charge in [0.05, 0.1) is 12.1 Å². The largest absolute Gasteiger partial charge is 0.477 e. The molecule has 166 valence electrons. The minimum absolute atomic E-state index is 0.0184. The fraction of sp³-hybridized carbons (Fsp3) is 0.308. The lowest BCUT2D eigenvalue weighted by Gasteiger charge is -2.21. The van der Waals surface area contributed by atoms with Gasteiger partial charge in [0.1, 0.15) is 4.88 Å². The lowest BCUT2D eigenvalue weighted by atomic mass is 9.99. The van der Waals surface area contributed by atoms with Gasteiger partial charge in [-0.1, -0.05) is 55.2 Å². The Morgan fingerprint density at radius 2 is 2.06 bits per heavy atom. The van der Waals surface area contributed by atoms with E-state index in [0.29, 0.717) is 24.3 Å². The van der Waals surface area contributed by atoms with Gasteiger partial charge in [-0.15, -0.1) is 11.3 Å². The van der Waals surface area contributed by atoms with E-state index in [0.717, 1.165) is 16.9 Å². The third kappa shape index (κ3) is 6.68. The number of rotatable bonds is 8. The molecule has 6 heteroatoms. The zero-order chi connectivity index (χ0) is 22.9. The summed E-state index contributed by atoms with van der Waals surface area (Å²) < 4.78 is 0. The van der Waals surface area contributed by atoms with Crippen LogP contribution in [0.4, 0.5) is 0 Å². The van der Waals surface area contributed by atoms with E-state index in [1.807, 2.05) is 55.5 Å². The van der Waals surface area contributed by atoms with Crippen LogP contribution >= 0.6 is 11.3 Å². The summed E-state index contributed by atoms with van der Waals surface area (Å²) >= 11 is 1.20. The van der Waals surface area contributed by atoms with Crippen molar-refractivity contribution in [2.45, 2.75) is 38.3 Å². The monoisotopic (exact) mass is 449 g/mol. The van der Waals surface area contributed by atoms with Gasteiger partial charge < -0.3 is 15.1 Å². The van der Waals surface area contributed by atoms with Crippen molar-refractivity contribution in [2.24, 2.45) is 5.92 Å². The van der Waals surface area contributed by atoms with E-state index in [1.165, 1.54) is 11.3 Å². The first-order valence-corrected chi connectivity index (χ1v) is 11.4. The summed E-state index contributed by atoms with van der Waals surface area (Å²) in [6.45, 7) is 2.41. The molecule has 2 unspecified atom stereocenters. The molecule has 32 heavy (non-hydrogen) atoms. The molecule has 3 rings (SSSR count). The summed E-state index contributed by atoms with van der Waals surface area (Å²) in [5.74, 6) is 5.36. The molecule has 1 aromatic carbocycles. The van der Waals surface area contributed by atoms with Gasteiger partial charge in [-0.25, -0.2) is 4.79 Å². The first-order chi connectivity index (χ1) is 15.4. The second kappa shape index (κ2) is 11.5. The first kappa shape index (κ1) is 23.5. The number of carboxylic acids is 1. The van der Waals surface area contributed by atoms with Crippen molar-refractivity contribution in [1.29, 1.82) is 0 Å². The molecule has 3 atom stereocenters. The van der Waals surface area contributed by atoms with E-state index in [1.54, 1.807) is 23.1 Å². The Morgan fingerprint density at radius 3 is 2.78 bits per heavy atom. The maximum atomic E-state index is 12.3. The van der Waals surface area contributed by atoms with Gasteiger partial charge in [-0.2, -0.15) is 0 Å². The normalized spacial score (nSPS) is 18.1. The highest BCUT2D eigenvalue weighted by Crippen LogP contribution is 2.22. The zero-order valence-electron chi connectivity index (χ0n) is 18.0. The maximum Gasteiger partial charge on any atom is 0.345 e. The molecule has 0 aliphatic carbocycles. The number of amides is 1. The average molecular weight is 450 g/mol. The number of aliphatic hydroxyl groups excluding tert-OH is 1. The van der Waals surface area contributed by atoms with Crippen LogP contribution in [-0.2, 0) is 4.79 Å². The van der Waals surface area contributed by atoms with Crippen LogP contribution < -0.4 is 0 Å². The van der Waals surface area contributed by atoms with E-state index >= 15 is 0 Å². The maximum absolute atomic E-state index is 12.3. The van der Waals surface area contributed by atoms with Crippen molar-refractivity contribution < 1.29 is 19.8 Å². The number of likely N-dealkylation sites (tertiary alicyclic amines) is 1. The van der Waals surface area contributed by atoms with Gasteiger partial charge in [0.15, 0.2) is 0 Å². The Labute approximate surface area is 192 Å². The molecule has 1 aliphatic rings. The van der Waals surface area contributed by atoms with Crippen molar-refractivity contribution in [2.75, 3.05) is 6.54 Å². The van der Waals surface area contributed by atoms with Gasteiger partial charge in [0.2, 0.25) is 5.91 Å². The molecular formula is C26H27NO4S. The van der Waals surface area contributed by atoms with Crippen molar-refractivity contribution in [1.82, 2.24) is 4.90 Å². The Balaban J connectivity index is 1.52. The molecule has 1 amide bonds. The molecule has 5 nitrogen and oxygen atoms in total. The topological polar surface area (TPSA) is 77.8 Å². The smallest absolute Gasteiger partial charge is 0.345 e. The highest BCUT2D eigenvalue weighted by Gasteiger charge is 2.28. The van der Waals surface area contributed by atoms with Gasteiger partial charge in [-0.3, -0.25) is 4.79 Å². The minimum Gasteiger partial charge on any atom is -0.477 e. The Bertz CT molecular complexity index is 1040. The zero-order valence-corrected chi connectivity index (χ0v) is 18.8. The van der Waals surface area contributed by atoms with Crippen molar-refractivity contribution in [3.8, 4) is 11.8 Å². The van der Waals surface area contributed by atoms with Crippen LogP contribution in [0.15, 0.2) is 60.7 Å². The second-order valence-corrected chi connectivity index (χ2v) is 8.90. The van der Waals surface area contributed by atoms with E-state index in [2.05, 4.69) is 11.8 Å². The average Bonchev–Trinajstić information content (AvgIpc) is 3.40. The minimum atomic E-state index is -0.937. The molecule has 2 aromatic rings. The fourth-order valence-corrected chi connectivity index (χ4v) is 4.20. The van der Waals surface area contributed by atoms with Crippen molar-refractivity contribution >= 4 is 29.3 Å². The Morgan fingerprint density at radius 1 is 1.28 bits per heavy atom. The Hall–Kier alpha value is -3.14. The highest BCUT2D eigenvalue weighted by molar-refractivity contribution is 7.14. The van der Waals surface area contributed by atoms with Gasteiger partial charge in [0, 0.05) is 29.8 Å². The predicted molar refractivity (Wildman–Crippen MR) is 127 cm³/mol. The molecule has 0 saturated carbocycles. The molecule has 1 saturated heterocycles. The standard InChI is InChI=1S/C26H27NO4S/c1-19(7-5-10-20-8-3-2-4-9-20)23(28)15-12-21-13-17-25(29)27(21)18-6-11-22-14-16-24(32-22)26(30)31/h2-4,6,8-9,11-12,14-16,19,21,23,28H,7,13,17-18H2,1H3,(H,30,31)/b11-6-,15-12+/t19?,21-,23?/m0/s1. The van der Waals surface area contributed by atoms with Crippen LogP contribution in [0.2, 0.25) is 0 Å². The number of carbonyl (C=O) groups excluding carboxylic acids is 1. The number of carboxylic acid groups (broad SMARTS) is 1. The molecular weight excluding hydrogens is 422 g/mol. The lowest BCUT2D eigenvalue weighted by molar-refractivity contribution is -0.127. The summed E-state index contributed by atoms with van der Waals surface area (Å²) in [6, 6.07) is 13.0. The second-order valence-electron chi connectivity index (χ2n) is 7.79. The summed E-state index contributed by atoms with van der Waals surface area (Å²) in [4.78, 5) is 26.2. The molecule has 1 aromatic heterocycles. The van der Waals surface area contributed by atoms with E-state index in [4.69, 9.17) is 5.11 Å². The van der Waals surface area contributed by atoms with Gasteiger partial charge >= 0.3 is 5.97 Å². The summed E-state index contributed by atoms with van der Waals surface area (Å²) in [5.41, 5.74) is 0.958. The Kier molecular flexibility index (Phi) is 8.43. The molecule has 1 aliphatic heterocycles. The summed E-state index contributed by atoms with van der Waals surface area (Å²) in [6.07, 6.45) is 8.56. The molecule has 0 radical (unpaired) electrons. The SMILES string of the molecule is CC(CC#Cc1ccccc1)C(O)/C=C/[C@H]1CCC(=O)N1C/C=C\c1ccc(C(=O)O)s1. The lowest BCUT2D eigenvalue weighted by Crippen LogP contribution is -2.32. The number of nitrogens with zero attached hydrogens (tertiary/aromatic N) is 1. The van der Waals surface area contributed by atoms with Crippen LogP contribution in [0.1, 0.15) is 46.3 Å². The van der Waals surface area contributed by atoms with E-state index in [9.17, 15) is 14.7 Å². The summed E-state index contributed by atoms with van der Waals surface area (Å²) in [7, 11) is 0. The van der Waals surface area contributed by atoms with Crippen molar-refractivity contribution in [3.05, 3.63) is 76.0 Å². The van der Waals surface area contributed by atoms with Crippen molar-refractivity contribution in [3.63, 3.8) is 0 Å². The quantitative estimate of drug-likeness (QED) is 0.461. The van der Waals surface area contributed by atoms with Gasteiger partial charge in [0.25, 0.3) is 0 Å². The number of aromatic carboxylic acids is 1. The van der Waals surface area contributed by atoms with Gasteiger partial charge in [-0.05, 0) is 42.7 Å². The third-order valence-electron chi connectivity index (χ3n) is 5.34. The van der Waals surface area contributed by atoms with E-state index in [-0.39, 0.29) is 17.9 Å². The van der Waals surface area contributed by atoms with E-state index < -0.39 is 12.1 Å². The van der Waals surface area contributed by atoms with Crippen LogP contribution in [0.25, 0.3) is 6.08 Å². The number of carbonyl (C=O) groups is 2. The van der Waals surface area contributed by atoms with Crippen LogP contribution in [0, 0.1) is 17.8 Å². The van der Waals surface area contributed by atoms with Crippen LogP contribution in [-0.4, -0.2) is 45.7 Å². The number of aliphatic hydroxyl groups is 1. The number of hydrogen-bond donors (Lipinski definition) is 2. The van der Waals surface area contributed by atoms with Crippen LogP contribution in [0.3, 0.4) is 0 Å². The molecule has 0 bridgehead atoms. The third-order valence-corrected chi connectivity index (χ3v) is 6.38. The highest BCUT2D eigenvalue weighted by atomic mass is 32.1. The number of benzene rings is 1. The predicted octanol–water partition coefficient (Wildman–Crippen LogP) is 4.45. The molecule has 2 heterocycles. The number of hydrogen-bond acceptors (Lipinski definition) is 4. The first-order valence-electron chi connectivity index (χ1n) is 10.6. The number of thiophene rings is 1. The molecule has 1 fully saturated rings. The summed E-state index contributed by atoms with van der Waals surface area (Å²) in [5, 5.41) is 19.5. The molecule has 2 N–H and O–H groups in total. The van der Waals surface area contributed by atoms with Crippen LogP contribution in [0.5, 0.6) is 0 Å².